The van der Waals surface area contributed by atoms with Crippen LogP contribution in [0.4, 0.5) is 4.20 Å². The Labute approximate surface area is 234 Å². The Morgan fingerprint density at radius 3 is 1.21 bits per heavy atom. The second kappa shape index (κ2) is 10.8. The first-order valence-electron chi connectivity index (χ1n) is 14.6. The second-order valence-corrected chi connectivity index (χ2v) is 14.7. The van der Waals surface area contributed by atoms with Crippen LogP contribution in [0.25, 0.3) is 0 Å². The van der Waals surface area contributed by atoms with Gasteiger partial charge in [0, 0.05) is 28.2 Å². The van der Waals surface area contributed by atoms with Crippen molar-refractivity contribution in [2.24, 2.45) is 0 Å². The molecular formula is C34H52FO2P. The maximum Gasteiger partial charge on any atom is 0.505 e. The predicted octanol–water partition coefficient (Wildman–Crippen LogP) is 11.6. The molecule has 1 aliphatic rings. The fraction of sp³-hybridized carbons (Fsp3) is 0.647. The first kappa shape index (κ1) is 30.9. The van der Waals surface area contributed by atoms with Crippen molar-refractivity contribution in [1.29, 1.82) is 0 Å². The fourth-order valence-electron chi connectivity index (χ4n) is 5.06. The number of halogens is 1. The van der Waals surface area contributed by atoms with Gasteiger partial charge in [0.25, 0.3) is 0 Å². The van der Waals surface area contributed by atoms with Crippen molar-refractivity contribution in [2.45, 2.75) is 143 Å². The normalized spacial score (nSPS) is 18.6. The Morgan fingerprint density at radius 2 is 0.921 bits per heavy atom. The highest BCUT2D eigenvalue weighted by atomic mass is 31.2. The molecule has 2 aromatic carbocycles. The molecule has 38 heavy (non-hydrogen) atoms. The van der Waals surface area contributed by atoms with E-state index in [-0.39, 0.29) is 27.6 Å². The Hall–Kier alpha value is -1.60. The van der Waals surface area contributed by atoms with Crippen LogP contribution >= 0.6 is 8.69 Å². The van der Waals surface area contributed by atoms with Crippen molar-refractivity contribution in [3.05, 3.63) is 57.6 Å². The smallest absolute Gasteiger partial charge is 0.414 e. The van der Waals surface area contributed by atoms with Crippen LogP contribution in [0.2, 0.25) is 0 Å². The summed E-state index contributed by atoms with van der Waals surface area (Å²) in [5.41, 5.74) is 6.55. The van der Waals surface area contributed by atoms with Crippen molar-refractivity contribution in [2.75, 3.05) is 0 Å². The first-order valence-corrected chi connectivity index (χ1v) is 15.7. The highest BCUT2D eigenvalue weighted by Crippen LogP contribution is 2.56. The summed E-state index contributed by atoms with van der Waals surface area (Å²) < 4.78 is 28.2. The van der Waals surface area contributed by atoms with E-state index in [0.29, 0.717) is 11.5 Å². The van der Waals surface area contributed by atoms with Gasteiger partial charge in [0.1, 0.15) is 11.5 Å². The molecule has 0 atom stereocenters. The lowest BCUT2D eigenvalue weighted by Gasteiger charge is -2.37. The minimum absolute atomic E-state index is 0.00310. The summed E-state index contributed by atoms with van der Waals surface area (Å²) in [5, 5.41) is 0. The van der Waals surface area contributed by atoms with Crippen molar-refractivity contribution in [1.82, 2.24) is 0 Å². The summed E-state index contributed by atoms with van der Waals surface area (Å²) in [6, 6.07) is 9.12. The van der Waals surface area contributed by atoms with Gasteiger partial charge in [0.15, 0.2) is 0 Å². The molecule has 4 heteroatoms. The number of hydrogen-bond donors (Lipinski definition) is 0. The fourth-order valence-corrected chi connectivity index (χ4v) is 5.79. The van der Waals surface area contributed by atoms with E-state index in [0.717, 1.165) is 47.9 Å². The zero-order chi connectivity index (χ0) is 28.8. The largest absolute Gasteiger partial charge is 0.505 e. The van der Waals surface area contributed by atoms with Crippen LogP contribution in [0.15, 0.2) is 24.3 Å². The molecule has 0 spiro atoms. The maximum absolute atomic E-state index is 15.9. The number of fused-ring (bicyclic) bond motifs is 2. The van der Waals surface area contributed by atoms with Crippen LogP contribution in [0.1, 0.15) is 155 Å². The van der Waals surface area contributed by atoms with Gasteiger partial charge in [-0.2, -0.15) is 0 Å². The van der Waals surface area contributed by atoms with E-state index in [1.54, 1.807) is 0 Å². The predicted molar refractivity (Wildman–Crippen MR) is 163 cm³/mol. The van der Waals surface area contributed by atoms with Crippen LogP contribution < -0.4 is 9.05 Å². The Morgan fingerprint density at radius 1 is 0.605 bits per heavy atom. The van der Waals surface area contributed by atoms with Crippen molar-refractivity contribution < 1.29 is 13.2 Å². The Balaban J connectivity index is 2.47. The molecule has 1 heterocycles. The van der Waals surface area contributed by atoms with E-state index >= 15 is 4.20 Å². The second-order valence-electron chi connectivity index (χ2n) is 14.0. The highest BCUT2D eigenvalue weighted by molar-refractivity contribution is 7.42. The summed E-state index contributed by atoms with van der Waals surface area (Å²) in [7, 11) is -2.65. The molecule has 0 saturated heterocycles. The molecule has 0 saturated carbocycles. The summed E-state index contributed by atoms with van der Waals surface area (Å²) in [4.78, 5) is 0. The number of rotatable bonds is 8. The minimum atomic E-state index is -2.65. The zero-order valence-electron chi connectivity index (χ0n) is 26.4. The summed E-state index contributed by atoms with van der Waals surface area (Å²) in [6.45, 7) is 29.2. The summed E-state index contributed by atoms with van der Waals surface area (Å²) in [6.07, 6.45) is 3.90. The molecule has 0 aliphatic carbocycles. The average molecular weight is 543 g/mol. The SMILES string of the molecule is CCC(C)(C)c1cc2c(c(C(C)(C)CC)c1)OP(F)Oc1c(cc(C(C)(C)CC)cc1C(C)(C)CC)C2C. The lowest BCUT2D eigenvalue weighted by molar-refractivity contribution is 0.394. The van der Waals surface area contributed by atoms with Gasteiger partial charge in [-0.05, 0) is 58.5 Å². The zero-order valence-corrected chi connectivity index (χ0v) is 27.3. The number of benzene rings is 2. The first-order chi connectivity index (χ1) is 17.5. The lowest BCUT2D eigenvalue weighted by Crippen LogP contribution is -2.25. The van der Waals surface area contributed by atoms with Gasteiger partial charge in [-0.1, -0.05) is 114 Å². The molecule has 0 aromatic heterocycles. The van der Waals surface area contributed by atoms with E-state index < -0.39 is 8.69 Å². The van der Waals surface area contributed by atoms with Crippen molar-refractivity contribution in [3.8, 4) is 11.5 Å². The van der Waals surface area contributed by atoms with Gasteiger partial charge in [0.2, 0.25) is 0 Å². The standard InChI is InChI=1S/C34H52FO2P/c1-14-31(6,7)23-18-25-22(5)26-19-24(32(8,9)15-2)21-28(34(12,13)17-4)30(26)37-38(35)36-29(25)27(20-23)33(10,11)16-3/h18-22H,14-17H2,1-13H3. The quantitative estimate of drug-likeness (QED) is 0.309. The molecule has 3 rings (SSSR count). The molecule has 0 radical (unpaired) electrons. The van der Waals surface area contributed by atoms with E-state index in [1.165, 1.54) is 11.1 Å². The Bertz CT molecular complexity index is 1070. The van der Waals surface area contributed by atoms with Gasteiger partial charge in [-0.3, -0.25) is 0 Å². The minimum Gasteiger partial charge on any atom is -0.414 e. The molecule has 0 fully saturated rings. The maximum atomic E-state index is 15.9. The van der Waals surface area contributed by atoms with Gasteiger partial charge < -0.3 is 9.05 Å². The van der Waals surface area contributed by atoms with Crippen molar-refractivity contribution in [3.63, 3.8) is 0 Å². The third-order valence-electron chi connectivity index (χ3n) is 10.1. The highest BCUT2D eigenvalue weighted by Gasteiger charge is 2.38. The molecule has 2 nitrogen and oxygen atoms in total. The van der Waals surface area contributed by atoms with Gasteiger partial charge in [-0.15, -0.1) is 4.20 Å². The Kier molecular flexibility index (Phi) is 8.76. The van der Waals surface area contributed by atoms with Crippen molar-refractivity contribution >= 4 is 8.69 Å². The third-order valence-corrected chi connectivity index (χ3v) is 10.7. The van der Waals surface area contributed by atoms with E-state index in [2.05, 4.69) is 114 Å². The summed E-state index contributed by atoms with van der Waals surface area (Å²) >= 11 is 0. The van der Waals surface area contributed by atoms with Gasteiger partial charge in [-0.25, -0.2) is 0 Å². The van der Waals surface area contributed by atoms with E-state index in [9.17, 15) is 0 Å². The topological polar surface area (TPSA) is 18.5 Å². The molecular weight excluding hydrogens is 490 g/mol. The molecule has 212 valence electrons. The van der Waals surface area contributed by atoms with Crippen LogP contribution in [-0.4, -0.2) is 0 Å². The molecule has 0 amide bonds. The van der Waals surface area contributed by atoms with Gasteiger partial charge >= 0.3 is 8.69 Å². The average Bonchev–Trinajstić information content (AvgIpc) is 2.87. The summed E-state index contributed by atoms with van der Waals surface area (Å²) in [5.74, 6) is 1.34. The monoisotopic (exact) mass is 542 g/mol. The van der Waals surface area contributed by atoms with E-state index in [4.69, 9.17) is 9.05 Å². The van der Waals surface area contributed by atoms with Crippen LogP contribution in [0.3, 0.4) is 0 Å². The van der Waals surface area contributed by atoms with Crippen LogP contribution in [0, 0.1) is 0 Å². The van der Waals surface area contributed by atoms with Gasteiger partial charge in [0.05, 0.1) is 0 Å². The lowest BCUT2D eigenvalue weighted by atomic mass is 9.72. The number of hydrogen-bond acceptors (Lipinski definition) is 2. The molecule has 0 bridgehead atoms. The molecule has 1 aliphatic heterocycles. The van der Waals surface area contributed by atoms with Crippen LogP contribution in [0.5, 0.6) is 11.5 Å². The van der Waals surface area contributed by atoms with E-state index in [1.807, 2.05) is 0 Å². The molecule has 2 aromatic rings. The molecule has 0 N–H and O–H groups in total. The van der Waals surface area contributed by atoms with Crippen LogP contribution in [-0.2, 0) is 21.7 Å². The third kappa shape index (κ3) is 5.65. The molecule has 0 unspecified atom stereocenters.